The zero-order valence-electron chi connectivity index (χ0n) is 12.7. The predicted molar refractivity (Wildman–Crippen MR) is 83.1 cm³/mol. The van der Waals surface area contributed by atoms with E-state index in [4.69, 9.17) is 10.00 Å². The lowest BCUT2D eigenvalue weighted by atomic mass is 9.86. The van der Waals surface area contributed by atoms with Gasteiger partial charge in [-0.2, -0.15) is 10.4 Å². The highest BCUT2D eigenvalue weighted by atomic mass is 16.5. The fourth-order valence-corrected chi connectivity index (χ4v) is 2.61. The Kier molecular flexibility index (Phi) is 3.54. The van der Waals surface area contributed by atoms with Crippen LogP contribution in [0.4, 0.5) is 5.82 Å². The quantitative estimate of drug-likeness (QED) is 0.771. The molecular weight excluding hydrogens is 296 g/mol. The van der Waals surface area contributed by atoms with Gasteiger partial charge in [0.25, 0.3) is 5.56 Å². The summed E-state index contributed by atoms with van der Waals surface area (Å²) in [5.41, 5.74) is 0.0148. The molecule has 2 aromatic rings. The zero-order chi connectivity index (χ0) is 16.6. The monoisotopic (exact) mass is 312 g/mol. The molecule has 2 unspecified atom stereocenters. The molecule has 0 spiro atoms. The summed E-state index contributed by atoms with van der Waals surface area (Å²) >= 11 is 0. The van der Waals surface area contributed by atoms with Crippen molar-refractivity contribution in [2.45, 2.75) is 31.6 Å². The van der Waals surface area contributed by atoms with Gasteiger partial charge in [0.05, 0.1) is 17.7 Å². The van der Waals surface area contributed by atoms with Crippen LogP contribution in [-0.2, 0) is 0 Å². The number of nitrogens with one attached hydrogen (secondary N) is 2. The summed E-state index contributed by atoms with van der Waals surface area (Å²) in [4.78, 5) is 11.1. The normalized spacial score (nSPS) is 21.7. The highest BCUT2D eigenvalue weighted by Gasteiger charge is 2.43. The molecule has 23 heavy (non-hydrogen) atoms. The van der Waals surface area contributed by atoms with Gasteiger partial charge in [-0.25, -0.2) is 5.10 Å². The van der Waals surface area contributed by atoms with Gasteiger partial charge >= 0.3 is 0 Å². The molecule has 2 heterocycles. The fourth-order valence-electron chi connectivity index (χ4n) is 2.61. The van der Waals surface area contributed by atoms with Crippen molar-refractivity contribution in [1.29, 1.82) is 5.26 Å². The second kappa shape index (κ2) is 5.41. The van der Waals surface area contributed by atoms with Gasteiger partial charge in [0.2, 0.25) is 0 Å². The largest absolute Gasteiger partial charge is 0.485 e. The summed E-state index contributed by atoms with van der Waals surface area (Å²) in [5.74, 6) is 1.01. The molecule has 0 fully saturated rings. The van der Waals surface area contributed by atoms with E-state index in [-0.39, 0.29) is 5.56 Å². The molecular formula is C16H16N4O3. The van der Waals surface area contributed by atoms with Gasteiger partial charge in [-0.15, -0.1) is 0 Å². The number of rotatable bonds is 2. The molecule has 3 rings (SSSR count). The standard InChI is InChI=1S/C16H16N4O3/c1-16(2)15(22)14(18-12-5-6-13(21)20-19-12)10-7-9(8-17)3-4-11(10)23-16/h3-7,14-15,22H,1-2H3,(H,18,19)(H,20,21). The maximum absolute atomic E-state index is 11.1. The number of fused-ring (bicyclic) bond motifs is 1. The van der Waals surface area contributed by atoms with Crippen molar-refractivity contribution in [2.24, 2.45) is 0 Å². The van der Waals surface area contributed by atoms with Gasteiger partial charge in [-0.3, -0.25) is 4.79 Å². The third-order valence-electron chi connectivity index (χ3n) is 3.86. The fraction of sp³-hybridized carbons (Fsp3) is 0.312. The molecule has 0 radical (unpaired) electrons. The van der Waals surface area contributed by atoms with Crippen molar-refractivity contribution in [1.82, 2.24) is 10.2 Å². The van der Waals surface area contributed by atoms with Gasteiger partial charge in [0, 0.05) is 11.6 Å². The van der Waals surface area contributed by atoms with Gasteiger partial charge in [0.15, 0.2) is 0 Å². The number of hydrogen-bond donors (Lipinski definition) is 3. The Hall–Kier alpha value is -2.85. The van der Waals surface area contributed by atoms with Crippen molar-refractivity contribution in [3.8, 4) is 11.8 Å². The van der Waals surface area contributed by atoms with Crippen molar-refractivity contribution < 1.29 is 9.84 Å². The zero-order valence-corrected chi connectivity index (χ0v) is 12.7. The van der Waals surface area contributed by atoms with E-state index in [2.05, 4.69) is 21.6 Å². The van der Waals surface area contributed by atoms with E-state index in [0.29, 0.717) is 22.7 Å². The summed E-state index contributed by atoms with van der Waals surface area (Å²) in [7, 11) is 0. The van der Waals surface area contributed by atoms with Crippen LogP contribution in [0.2, 0.25) is 0 Å². The number of ether oxygens (including phenoxy) is 1. The molecule has 0 amide bonds. The first-order chi connectivity index (χ1) is 10.9. The van der Waals surface area contributed by atoms with Crippen LogP contribution in [0, 0.1) is 11.3 Å². The van der Waals surface area contributed by atoms with E-state index in [0.717, 1.165) is 0 Å². The Morgan fingerprint density at radius 2 is 2.17 bits per heavy atom. The summed E-state index contributed by atoms with van der Waals surface area (Å²) in [6, 6.07) is 9.49. The van der Waals surface area contributed by atoms with Gasteiger partial charge < -0.3 is 15.2 Å². The minimum atomic E-state index is -0.877. The molecule has 3 N–H and O–H groups in total. The van der Waals surface area contributed by atoms with E-state index >= 15 is 0 Å². The number of benzene rings is 1. The molecule has 1 aromatic heterocycles. The van der Waals surface area contributed by atoms with Crippen molar-refractivity contribution in [2.75, 3.05) is 5.32 Å². The molecule has 0 bridgehead atoms. The average Bonchev–Trinajstić information content (AvgIpc) is 2.53. The molecule has 7 nitrogen and oxygen atoms in total. The molecule has 0 saturated carbocycles. The number of nitrogens with zero attached hydrogens (tertiary/aromatic N) is 2. The second-order valence-electron chi connectivity index (χ2n) is 5.94. The molecule has 118 valence electrons. The first-order valence-electron chi connectivity index (χ1n) is 7.14. The minimum absolute atomic E-state index is 0.310. The van der Waals surface area contributed by atoms with E-state index in [1.165, 1.54) is 12.1 Å². The molecule has 0 aliphatic carbocycles. The summed E-state index contributed by atoms with van der Waals surface area (Å²) in [5, 5.41) is 29.1. The molecule has 7 heteroatoms. The van der Waals surface area contributed by atoms with Crippen LogP contribution in [0.15, 0.2) is 35.1 Å². The van der Waals surface area contributed by atoms with Crippen LogP contribution in [0.25, 0.3) is 0 Å². The lowest BCUT2D eigenvalue weighted by Crippen LogP contribution is -2.50. The van der Waals surface area contributed by atoms with Crippen LogP contribution in [0.1, 0.15) is 31.0 Å². The van der Waals surface area contributed by atoms with E-state index in [1.807, 2.05) is 0 Å². The van der Waals surface area contributed by atoms with Crippen molar-refractivity contribution in [3.63, 3.8) is 0 Å². The summed E-state index contributed by atoms with van der Waals surface area (Å²) in [6.45, 7) is 3.57. The smallest absolute Gasteiger partial charge is 0.264 e. The molecule has 1 aliphatic rings. The Morgan fingerprint density at radius 1 is 1.39 bits per heavy atom. The maximum atomic E-state index is 11.1. The number of aliphatic hydroxyl groups excluding tert-OH is 1. The SMILES string of the molecule is CC1(C)Oc2ccc(C#N)cc2C(Nc2ccc(=O)[nH]n2)C1O. The van der Waals surface area contributed by atoms with Gasteiger partial charge in [-0.1, -0.05) is 0 Å². The Balaban J connectivity index is 2.04. The number of aromatic nitrogens is 2. The summed E-state index contributed by atoms with van der Waals surface area (Å²) in [6.07, 6.45) is -0.877. The topological polar surface area (TPSA) is 111 Å². The Labute approximate surface area is 132 Å². The lowest BCUT2D eigenvalue weighted by Gasteiger charge is -2.42. The number of anilines is 1. The van der Waals surface area contributed by atoms with Crippen LogP contribution in [0.3, 0.4) is 0 Å². The second-order valence-corrected chi connectivity index (χ2v) is 5.94. The lowest BCUT2D eigenvalue weighted by molar-refractivity contribution is -0.0533. The average molecular weight is 312 g/mol. The summed E-state index contributed by atoms with van der Waals surface area (Å²) < 4.78 is 5.84. The number of aromatic amines is 1. The molecule has 1 aliphatic heterocycles. The first-order valence-corrected chi connectivity index (χ1v) is 7.14. The minimum Gasteiger partial charge on any atom is -0.485 e. The van der Waals surface area contributed by atoms with Gasteiger partial charge in [-0.05, 0) is 38.1 Å². The number of nitriles is 1. The van der Waals surface area contributed by atoms with Crippen LogP contribution in [-0.4, -0.2) is 27.0 Å². The Bertz CT molecular complexity index is 817. The van der Waals surface area contributed by atoms with E-state index < -0.39 is 17.7 Å². The Morgan fingerprint density at radius 3 is 2.83 bits per heavy atom. The highest BCUT2D eigenvalue weighted by Crippen LogP contribution is 2.41. The van der Waals surface area contributed by atoms with Gasteiger partial charge in [0.1, 0.15) is 23.3 Å². The molecule has 1 aromatic carbocycles. The number of aliphatic hydroxyl groups is 1. The van der Waals surface area contributed by atoms with Crippen LogP contribution in [0.5, 0.6) is 5.75 Å². The van der Waals surface area contributed by atoms with E-state index in [1.54, 1.807) is 32.0 Å². The first kappa shape index (κ1) is 15.1. The predicted octanol–water partition coefficient (Wildman–Crippen LogP) is 1.33. The number of H-pyrrole nitrogens is 1. The molecule has 0 saturated heterocycles. The third kappa shape index (κ3) is 2.76. The molecule has 2 atom stereocenters. The highest BCUT2D eigenvalue weighted by molar-refractivity contribution is 5.50. The number of hydrogen-bond acceptors (Lipinski definition) is 6. The third-order valence-corrected chi connectivity index (χ3v) is 3.86. The van der Waals surface area contributed by atoms with Crippen molar-refractivity contribution >= 4 is 5.82 Å². The van der Waals surface area contributed by atoms with Crippen LogP contribution >= 0.6 is 0 Å². The van der Waals surface area contributed by atoms with Crippen LogP contribution < -0.4 is 15.6 Å². The maximum Gasteiger partial charge on any atom is 0.264 e. The van der Waals surface area contributed by atoms with Crippen molar-refractivity contribution in [3.05, 3.63) is 51.8 Å². The van der Waals surface area contributed by atoms with E-state index in [9.17, 15) is 9.90 Å².